The smallest absolute Gasteiger partial charge is 0.124 e. The van der Waals surface area contributed by atoms with Crippen molar-refractivity contribution in [1.82, 2.24) is 0 Å². The van der Waals surface area contributed by atoms with Crippen LogP contribution in [0.2, 0.25) is 0 Å². The summed E-state index contributed by atoms with van der Waals surface area (Å²) in [7, 11) is 0. The molecule has 0 amide bonds. The molecule has 0 aliphatic heterocycles. The Hall–Kier alpha value is -0.570. The standard InChI is InChI=1S/C18H29BrFN/c1-2-3-4-5-6-7-8-9-10-11-14-21-18-13-12-16(20)15-17(18)19/h12-13,15,21H,2-11,14H2,1H3. The third kappa shape index (κ3) is 9.13. The van der Waals surface area contributed by atoms with Crippen LogP contribution in [0.15, 0.2) is 22.7 Å². The van der Waals surface area contributed by atoms with E-state index in [9.17, 15) is 4.39 Å². The van der Waals surface area contributed by atoms with E-state index in [1.165, 1.54) is 76.3 Å². The highest BCUT2D eigenvalue weighted by molar-refractivity contribution is 9.10. The van der Waals surface area contributed by atoms with E-state index in [1.807, 2.05) is 0 Å². The van der Waals surface area contributed by atoms with Crippen molar-refractivity contribution in [3.63, 3.8) is 0 Å². The van der Waals surface area contributed by atoms with Crippen molar-refractivity contribution in [2.75, 3.05) is 11.9 Å². The van der Waals surface area contributed by atoms with Gasteiger partial charge >= 0.3 is 0 Å². The highest BCUT2D eigenvalue weighted by Crippen LogP contribution is 2.23. The van der Waals surface area contributed by atoms with Crippen LogP contribution < -0.4 is 5.32 Å². The van der Waals surface area contributed by atoms with Crippen LogP contribution in [0, 0.1) is 5.82 Å². The summed E-state index contributed by atoms with van der Waals surface area (Å²) < 4.78 is 13.7. The Morgan fingerprint density at radius 1 is 0.905 bits per heavy atom. The van der Waals surface area contributed by atoms with Gasteiger partial charge in [0.1, 0.15) is 5.82 Å². The first kappa shape index (κ1) is 18.5. The van der Waals surface area contributed by atoms with Gasteiger partial charge in [-0.3, -0.25) is 0 Å². The maximum Gasteiger partial charge on any atom is 0.124 e. The van der Waals surface area contributed by atoms with E-state index < -0.39 is 0 Å². The first-order valence-corrected chi connectivity index (χ1v) is 9.22. The quantitative estimate of drug-likeness (QED) is 0.400. The maximum atomic E-state index is 12.9. The zero-order valence-electron chi connectivity index (χ0n) is 13.3. The van der Waals surface area contributed by atoms with Crippen molar-refractivity contribution < 1.29 is 4.39 Å². The molecule has 0 saturated heterocycles. The zero-order chi connectivity index (χ0) is 15.3. The molecule has 1 N–H and O–H groups in total. The van der Waals surface area contributed by atoms with Crippen LogP contribution in [0.3, 0.4) is 0 Å². The van der Waals surface area contributed by atoms with Crippen molar-refractivity contribution in [2.45, 2.75) is 71.1 Å². The number of halogens is 2. The Kier molecular flexibility index (Phi) is 10.6. The van der Waals surface area contributed by atoms with Crippen LogP contribution in [0.25, 0.3) is 0 Å². The van der Waals surface area contributed by atoms with Gasteiger partial charge in [-0.25, -0.2) is 4.39 Å². The van der Waals surface area contributed by atoms with Crippen LogP contribution in [-0.2, 0) is 0 Å². The van der Waals surface area contributed by atoms with Crippen molar-refractivity contribution in [3.05, 3.63) is 28.5 Å². The van der Waals surface area contributed by atoms with Crippen LogP contribution in [-0.4, -0.2) is 6.54 Å². The minimum Gasteiger partial charge on any atom is -0.384 e. The molecule has 0 aromatic heterocycles. The first-order chi connectivity index (χ1) is 10.2. The highest BCUT2D eigenvalue weighted by Gasteiger charge is 2.00. The molecule has 0 heterocycles. The van der Waals surface area contributed by atoms with Crippen LogP contribution in [0.1, 0.15) is 71.1 Å². The first-order valence-electron chi connectivity index (χ1n) is 8.43. The van der Waals surface area contributed by atoms with Gasteiger partial charge < -0.3 is 5.32 Å². The average molecular weight is 358 g/mol. The van der Waals surface area contributed by atoms with E-state index in [1.54, 1.807) is 6.07 Å². The van der Waals surface area contributed by atoms with E-state index in [2.05, 4.69) is 28.2 Å². The molecule has 0 radical (unpaired) electrons. The number of nitrogens with one attached hydrogen (secondary N) is 1. The number of anilines is 1. The molecular formula is C18H29BrFN. The van der Waals surface area contributed by atoms with Crippen LogP contribution in [0.4, 0.5) is 10.1 Å². The molecule has 1 rings (SSSR count). The Bertz CT molecular complexity index is 381. The summed E-state index contributed by atoms with van der Waals surface area (Å²) in [5.41, 5.74) is 0.979. The molecule has 1 aromatic carbocycles. The van der Waals surface area contributed by atoms with E-state index in [4.69, 9.17) is 0 Å². The maximum absolute atomic E-state index is 12.9. The molecule has 120 valence electrons. The van der Waals surface area contributed by atoms with E-state index >= 15 is 0 Å². The third-order valence-electron chi connectivity index (χ3n) is 3.78. The summed E-state index contributed by atoms with van der Waals surface area (Å²) in [5, 5.41) is 3.35. The van der Waals surface area contributed by atoms with Gasteiger partial charge in [0.15, 0.2) is 0 Å². The summed E-state index contributed by atoms with van der Waals surface area (Å²) in [6, 6.07) is 4.78. The van der Waals surface area contributed by atoms with Crippen molar-refractivity contribution in [2.24, 2.45) is 0 Å². The van der Waals surface area contributed by atoms with Crippen molar-refractivity contribution in [1.29, 1.82) is 0 Å². The molecule has 0 spiro atoms. The highest BCUT2D eigenvalue weighted by atomic mass is 79.9. The number of benzene rings is 1. The zero-order valence-corrected chi connectivity index (χ0v) is 14.9. The molecule has 21 heavy (non-hydrogen) atoms. The molecule has 0 atom stereocenters. The summed E-state index contributed by atoms with van der Waals surface area (Å²) >= 11 is 3.37. The molecule has 3 heteroatoms. The molecule has 0 aliphatic carbocycles. The number of hydrogen-bond acceptors (Lipinski definition) is 1. The Labute approximate surface area is 137 Å². The van der Waals surface area contributed by atoms with Gasteiger partial charge in [-0.05, 0) is 40.5 Å². The van der Waals surface area contributed by atoms with E-state index in [-0.39, 0.29) is 5.82 Å². The Morgan fingerprint density at radius 3 is 2.05 bits per heavy atom. The normalized spacial score (nSPS) is 10.8. The number of rotatable bonds is 12. The fraction of sp³-hybridized carbons (Fsp3) is 0.667. The van der Waals surface area contributed by atoms with Gasteiger partial charge in [0.05, 0.1) is 0 Å². The summed E-state index contributed by atoms with van der Waals surface area (Å²) in [6.45, 7) is 3.22. The minimum absolute atomic E-state index is 0.202. The molecule has 0 bridgehead atoms. The lowest BCUT2D eigenvalue weighted by atomic mass is 10.1. The lowest BCUT2D eigenvalue weighted by Gasteiger charge is -2.08. The van der Waals surface area contributed by atoms with E-state index in [0.29, 0.717) is 0 Å². The fourth-order valence-electron chi connectivity index (χ4n) is 2.47. The average Bonchev–Trinajstić information content (AvgIpc) is 2.46. The largest absolute Gasteiger partial charge is 0.384 e. The predicted molar refractivity (Wildman–Crippen MR) is 94.4 cm³/mol. The molecule has 1 aromatic rings. The molecule has 0 fully saturated rings. The minimum atomic E-state index is -0.202. The molecular weight excluding hydrogens is 329 g/mol. The number of unbranched alkanes of at least 4 members (excludes halogenated alkanes) is 9. The Balaban J connectivity index is 1.93. The summed E-state index contributed by atoms with van der Waals surface area (Å²) in [6.07, 6.45) is 13.5. The van der Waals surface area contributed by atoms with Crippen LogP contribution >= 0.6 is 15.9 Å². The summed E-state index contributed by atoms with van der Waals surface area (Å²) in [5.74, 6) is -0.202. The SMILES string of the molecule is CCCCCCCCCCCCNc1ccc(F)cc1Br. The molecule has 0 saturated carbocycles. The lowest BCUT2D eigenvalue weighted by Crippen LogP contribution is -2.02. The second-order valence-electron chi connectivity index (χ2n) is 5.73. The monoisotopic (exact) mass is 357 g/mol. The van der Waals surface area contributed by atoms with Gasteiger partial charge in [0.2, 0.25) is 0 Å². The molecule has 0 unspecified atom stereocenters. The second kappa shape index (κ2) is 12.0. The van der Waals surface area contributed by atoms with Gasteiger partial charge in [-0.2, -0.15) is 0 Å². The van der Waals surface area contributed by atoms with Crippen molar-refractivity contribution in [3.8, 4) is 0 Å². The Morgan fingerprint density at radius 2 is 1.48 bits per heavy atom. The van der Waals surface area contributed by atoms with Gasteiger partial charge in [-0.1, -0.05) is 64.7 Å². The molecule has 0 aliphatic rings. The second-order valence-corrected chi connectivity index (χ2v) is 6.59. The van der Waals surface area contributed by atoms with E-state index in [0.717, 1.165) is 16.7 Å². The molecule has 1 nitrogen and oxygen atoms in total. The van der Waals surface area contributed by atoms with Crippen LogP contribution in [0.5, 0.6) is 0 Å². The van der Waals surface area contributed by atoms with Gasteiger partial charge in [0.25, 0.3) is 0 Å². The topological polar surface area (TPSA) is 12.0 Å². The summed E-state index contributed by atoms with van der Waals surface area (Å²) in [4.78, 5) is 0. The van der Waals surface area contributed by atoms with Gasteiger partial charge in [0, 0.05) is 16.7 Å². The predicted octanol–water partition coefficient (Wildman–Crippen LogP) is 6.92. The number of hydrogen-bond donors (Lipinski definition) is 1. The van der Waals surface area contributed by atoms with Gasteiger partial charge in [-0.15, -0.1) is 0 Å². The third-order valence-corrected chi connectivity index (χ3v) is 4.43. The fourth-order valence-corrected chi connectivity index (χ4v) is 2.96. The lowest BCUT2D eigenvalue weighted by molar-refractivity contribution is 0.560. The van der Waals surface area contributed by atoms with Crippen molar-refractivity contribution >= 4 is 21.6 Å².